The van der Waals surface area contributed by atoms with E-state index < -0.39 is 29.4 Å². The smallest absolute Gasteiger partial charge is 0.326 e. The van der Waals surface area contributed by atoms with Crippen molar-refractivity contribution in [3.8, 4) is 0 Å². The van der Waals surface area contributed by atoms with Crippen molar-refractivity contribution in [2.75, 3.05) is 13.2 Å². The van der Waals surface area contributed by atoms with Gasteiger partial charge in [0.25, 0.3) is 0 Å². The number of hydrogen-bond donors (Lipinski definition) is 3. The number of amides is 2. The van der Waals surface area contributed by atoms with Gasteiger partial charge in [0.05, 0.1) is 13.0 Å². The van der Waals surface area contributed by atoms with Gasteiger partial charge in [0.15, 0.2) is 0 Å². The summed E-state index contributed by atoms with van der Waals surface area (Å²) in [6.45, 7) is 7.22. The van der Waals surface area contributed by atoms with Crippen LogP contribution in [0.25, 0.3) is 0 Å². The molecule has 0 aromatic rings. The number of nitrogens with one attached hydrogen (secondary N) is 2. The predicted octanol–water partition coefficient (Wildman–Crippen LogP) is 0.738. The van der Waals surface area contributed by atoms with E-state index in [0.717, 1.165) is 0 Å². The van der Waals surface area contributed by atoms with Crippen LogP contribution in [-0.2, 0) is 14.3 Å². The van der Waals surface area contributed by atoms with Crippen LogP contribution >= 0.6 is 0 Å². The fraction of sp³-hybridized carbons (Fsp3) is 0.750. The summed E-state index contributed by atoms with van der Waals surface area (Å²) in [4.78, 5) is 33.6. The maximum absolute atomic E-state index is 11.5. The Balaban J connectivity index is 4.15. The average Bonchev–Trinajstić information content (AvgIpc) is 2.24. The van der Waals surface area contributed by atoms with Crippen LogP contribution in [0.5, 0.6) is 0 Å². The normalized spacial score (nSPS) is 12.4. The zero-order valence-electron chi connectivity index (χ0n) is 11.8. The minimum Gasteiger partial charge on any atom is -0.480 e. The molecule has 0 aliphatic rings. The molecule has 0 radical (unpaired) electrons. The predicted molar refractivity (Wildman–Crippen MR) is 68.7 cm³/mol. The van der Waals surface area contributed by atoms with E-state index >= 15 is 0 Å². The van der Waals surface area contributed by atoms with Crippen LogP contribution in [0.2, 0.25) is 0 Å². The van der Waals surface area contributed by atoms with Gasteiger partial charge in [-0.15, -0.1) is 0 Å². The molecule has 7 nitrogen and oxygen atoms in total. The van der Waals surface area contributed by atoms with E-state index in [2.05, 4.69) is 10.6 Å². The molecule has 0 heterocycles. The third-order valence-corrected chi connectivity index (χ3v) is 2.31. The molecule has 0 aliphatic heterocycles. The van der Waals surface area contributed by atoms with E-state index in [1.807, 2.05) is 0 Å². The van der Waals surface area contributed by atoms with Crippen molar-refractivity contribution < 1.29 is 24.2 Å². The van der Waals surface area contributed by atoms with Gasteiger partial charge in [-0.3, -0.25) is 4.79 Å². The van der Waals surface area contributed by atoms with Gasteiger partial charge in [0.1, 0.15) is 6.04 Å². The minimum absolute atomic E-state index is 0.0501. The number of carboxylic acid groups (broad SMARTS) is 1. The van der Waals surface area contributed by atoms with Crippen molar-refractivity contribution in [2.24, 2.45) is 5.41 Å². The van der Waals surface area contributed by atoms with Crippen LogP contribution in [0.3, 0.4) is 0 Å². The second-order valence-electron chi connectivity index (χ2n) is 5.09. The molecular formula is C12H22N2O5. The Morgan fingerprint density at radius 3 is 2.26 bits per heavy atom. The summed E-state index contributed by atoms with van der Waals surface area (Å²) in [6.07, 6.45) is 0.0501. The maximum atomic E-state index is 11.5. The molecule has 1 atom stereocenters. The standard InChI is InChI=1S/C12H22N2O5/c1-5-19-8(15)6-7-13-11(18)14-9(10(16)17)12(2,3)4/h9H,5-7H2,1-4H3,(H,16,17)(H2,13,14,18)/t9-/m0/s1. The van der Waals surface area contributed by atoms with E-state index in [1.54, 1.807) is 27.7 Å². The van der Waals surface area contributed by atoms with Gasteiger partial charge in [-0.25, -0.2) is 9.59 Å². The largest absolute Gasteiger partial charge is 0.480 e. The van der Waals surface area contributed by atoms with Crippen molar-refractivity contribution in [3.63, 3.8) is 0 Å². The summed E-state index contributed by atoms with van der Waals surface area (Å²) in [7, 11) is 0. The number of aliphatic carboxylic acids is 1. The fourth-order valence-electron chi connectivity index (χ4n) is 1.34. The molecule has 0 aromatic heterocycles. The van der Waals surface area contributed by atoms with Gasteiger partial charge in [0, 0.05) is 6.54 Å². The van der Waals surface area contributed by atoms with Crippen LogP contribution in [0, 0.1) is 5.41 Å². The second kappa shape index (κ2) is 7.60. The van der Waals surface area contributed by atoms with Gasteiger partial charge in [-0.05, 0) is 12.3 Å². The van der Waals surface area contributed by atoms with Crippen molar-refractivity contribution in [1.29, 1.82) is 0 Å². The first-order valence-electron chi connectivity index (χ1n) is 6.11. The Kier molecular flexibility index (Phi) is 6.89. The number of ether oxygens (including phenoxy) is 1. The van der Waals surface area contributed by atoms with Crippen molar-refractivity contribution in [2.45, 2.75) is 40.2 Å². The summed E-state index contributed by atoms with van der Waals surface area (Å²) in [6, 6.07) is -1.62. The lowest BCUT2D eigenvalue weighted by atomic mass is 9.87. The first kappa shape index (κ1) is 17.2. The summed E-state index contributed by atoms with van der Waals surface area (Å²) in [5, 5.41) is 13.8. The molecule has 0 aromatic carbocycles. The van der Waals surface area contributed by atoms with Crippen molar-refractivity contribution in [1.82, 2.24) is 10.6 Å². The molecule has 3 N–H and O–H groups in total. The topological polar surface area (TPSA) is 105 Å². The molecule has 0 saturated carbocycles. The third-order valence-electron chi connectivity index (χ3n) is 2.31. The highest BCUT2D eigenvalue weighted by atomic mass is 16.5. The molecule has 0 bridgehead atoms. The quantitative estimate of drug-likeness (QED) is 0.619. The van der Waals surface area contributed by atoms with Crippen LogP contribution in [0.1, 0.15) is 34.1 Å². The molecule has 0 unspecified atom stereocenters. The first-order chi connectivity index (χ1) is 8.68. The number of urea groups is 1. The van der Waals surface area contributed by atoms with E-state index in [4.69, 9.17) is 9.84 Å². The number of carbonyl (C=O) groups is 3. The number of esters is 1. The molecule has 0 saturated heterocycles. The van der Waals surface area contributed by atoms with Crippen LogP contribution in [0.4, 0.5) is 4.79 Å². The Labute approximate surface area is 112 Å². The van der Waals surface area contributed by atoms with Crippen molar-refractivity contribution in [3.05, 3.63) is 0 Å². The lowest BCUT2D eigenvalue weighted by Crippen LogP contribution is -2.52. The van der Waals surface area contributed by atoms with Gasteiger partial charge < -0.3 is 20.5 Å². The summed E-state index contributed by atoms with van der Waals surface area (Å²) in [5.74, 6) is -1.51. The average molecular weight is 274 g/mol. The van der Waals surface area contributed by atoms with Gasteiger partial charge in [-0.1, -0.05) is 20.8 Å². The molecule has 7 heteroatoms. The lowest BCUT2D eigenvalue weighted by molar-refractivity contribution is -0.143. The highest BCUT2D eigenvalue weighted by Crippen LogP contribution is 2.19. The SMILES string of the molecule is CCOC(=O)CCNC(=O)N[C@@H](C(=O)O)C(C)(C)C. The van der Waals surface area contributed by atoms with Crippen LogP contribution in [0.15, 0.2) is 0 Å². The van der Waals surface area contributed by atoms with Crippen LogP contribution < -0.4 is 10.6 Å². The molecule has 0 rings (SSSR count). The Bertz CT molecular complexity index is 336. The van der Waals surface area contributed by atoms with E-state index in [0.29, 0.717) is 0 Å². The Hall–Kier alpha value is -1.79. The number of carboxylic acids is 1. The molecule has 19 heavy (non-hydrogen) atoms. The molecule has 110 valence electrons. The van der Waals surface area contributed by atoms with Crippen LogP contribution in [-0.4, -0.2) is 42.3 Å². The highest BCUT2D eigenvalue weighted by molar-refractivity contribution is 5.83. The monoisotopic (exact) mass is 274 g/mol. The Morgan fingerprint density at radius 2 is 1.84 bits per heavy atom. The first-order valence-corrected chi connectivity index (χ1v) is 6.11. The maximum Gasteiger partial charge on any atom is 0.326 e. The van der Waals surface area contributed by atoms with Gasteiger partial charge >= 0.3 is 18.0 Å². The van der Waals surface area contributed by atoms with E-state index in [9.17, 15) is 14.4 Å². The van der Waals surface area contributed by atoms with E-state index in [1.165, 1.54) is 0 Å². The van der Waals surface area contributed by atoms with Gasteiger partial charge in [-0.2, -0.15) is 0 Å². The third kappa shape index (κ3) is 7.28. The lowest BCUT2D eigenvalue weighted by Gasteiger charge is -2.27. The molecule has 2 amide bonds. The highest BCUT2D eigenvalue weighted by Gasteiger charge is 2.32. The summed E-state index contributed by atoms with van der Waals surface area (Å²) in [5.41, 5.74) is -0.607. The molecule has 0 spiro atoms. The molecule has 0 fully saturated rings. The molecule has 0 aliphatic carbocycles. The fourth-order valence-corrected chi connectivity index (χ4v) is 1.34. The molecular weight excluding hydrogens is 252 g/mol. The number of hydrogen-bond acceptors (Lipinski definition) is 4. The summed E-state index contributed by atoms with van der Waals surface area (Å²) < 4.78 is 4.69. The number of rotatable bonds is 6. The number of carbonyl (C=O) groups excluding carboxylic acids is 2. The Morgan fingerprint density at radius 1 is 1.26 bits per heavy atom. The second-order valence-corrected chi connectivity index (χ2v) is 5.09. The van der Waals surface area contributed by atoms with E-state index in [-0.39, 0.29) is 19.6 Å². The minimum atomic E-state index is -1.10. The zero-order valence-corrected chi connectivity index (χ0v) is 11.8. The van der Waals surface area contributed by atoms with Crippen molar-refractivity contribution >= 4 is 18.0 Å². The summed E-state index contributed by atoms with van der Waals surface area (Å²) >= 11 is 0. The zero-order chi connectivity index (χ0) is 15.1. The van der Waals surface area contributed by atoms with Gasteiger partial charge in [0.2, 0.25) is 0 Å².